The van der Waals surface area contributed by atoms with Gasteiger partial charge in [-0.25, -0.2) is 4.98 Å². The molecule has 1 atom stereocenters. The first-order valence-electron chi connectivity index (χ1n) is 6.36. The summed E-state index contributed by atoms with van der Waals surface area (Å²) < 4.78 is 0. The quantitative estimate of drug-likeness (QED) is 0.671. The summed E-state index contributed by atoms with van der Waals surface area (Å²) in [5.74, 6) is 1.14. The molecule has 4 nitrogen and oxygen atoms in total. The molecule has 0 amide bonds. The Hall–Kier alpha value is -1.33. The molecule has 0 saturated carbocycles. The normalized spacial score (nSPS) is 12.7. The second-order valence-corrected chi connectivity index (χ2v) is 6.54. The number of thioether (sulfide) groups is 1. The van der Waals surface area contributed by atoms with Crippen LogP contribution in [0.3, 0.4) is 0 Å². The van der Waals surface area contributed by atoms with Crippen molar-refractivity contribution in [3.8, 4) is 0 Å². The number of H-pyrrole nitrogens is 1. The van der Waals surface area contributed by atoms with Gasteiger partial charge in [-0.05, 0) is 19.1 Å². The molecular weight excluding hydrogens is 294 g/mol. The number of carbonyl (C=O) groups excluding carboxylic acids is 1. The Morgan fingerprint density at radius 3 is 2.70 bits per heavy atom. The Morgan fingerprint density at radius 1 is 1.35 bits per heavy atom. The molecule has 0 aliphatic carbocycles. The molecule has 1 aromatic carbocycles. The summed E-state index contributed by atoms with van der Waals surface area (Å²) in [5.41, 5.74) is 0.608. The van der Waals surface area contributed by atoms with Crippen molar-refractivity contribution in [1.29, 1.82) is 0 Å². The van der Waals surface area contributed by atoms with Crippen LogP contribution in [0.15, 0.2) is 29.4 Å². The van der Waals surface area contributed by atoms with Crippen LogP contribution in [0, 0.1) is 0 Å². The summed E-state index contributed by atoms with van der Waals surface area (Å²) in [6, 6.07) is 6.97. The van der Waals surface area contributed by atoms with Gasteiger partial charge in [0.1, 0.15) is 5.82 Å². The number of hydrogen-bond donors (Lipinski definition) is 1. The first-order chi connectivity index (χ1) is 9.47. The van der Waals surface area contributed by atoms with Gasteiger partial charge in [-0.15, -0.1) is 5.10 Å². The van der Waals surface area contributed by atoms with Crippen molar-refractivity contribution in [2.45, 2.75) is 37.1 Å². The van der Waals surface area contributed by atoms with E-state index in [4.69, 9.17) is 11.6 Å². The Bertz CT molecular complexity index is 612. The number of carbonyl (C=O) groups is 1. The van der Waals surface area contributed by atoms with Gasteiger partial charge in [-0.3, -0.25) is 9.89 Å². The predicted octanol–water partition coefficient (Wildman–Crippen LogP) is 3.95. The summed E-state index contributed by atoms with van der Waals surface area (Å²) in [5, 5.41) is 7.90. The highest BCUT2D eigenvalue weighted by atomic mass is 35.5. The lowest BCUT2D eigenvalue weighted by molar-refractivity contribution is 0.0994. The van der Waals surface area contributed by atoms with Crippen molar-refractivity contribution in [2.24, 2.45) is 0 Å². The van der Waals surface area contributed by atoms with Crippen LogP contribution in [0.5, 0.6) is 0 Å². The van der Waals surface area contributed by atoms with E-state index in [1.807, 2.05) is 20.8 Å². The average molecular weight is 310 g/mol. The second-order valence-electron chi connectivity index (χ2n) is 4.79. The first kappa shape index (κ1) is 15.1. The van der Waals surface area contributed by atoms with Gasteiger partial charge >= 0.3 is 0 Å². The van der Waals surface area contributed by atoms with E-state index in [0.29, 0.717) is 15.7 Å². The van der Waals surface area contributed by atoms with Crippen molar-refractivity contribution in [1.82, 2.24) is 15.2 Å². The molecule has 0 spiro atoms. The highest BCUT2D eigenvalue weighted by Crippen LogP contribution is 2.24. The zero-order valence-electron chi connectivity index (χ0n) is 11.6. The molecule has 2 rings (SSSR count). The van der Waals surface area contributed by atoms with Gasteiger partial charge < -0.3 is 0 Å². The monoisotopic (exact) mass is 309 g/mol. The summed E-state index contributed by atoms with van der Waals surface area (Å²) in [6.07, 6.45) is 0. The van der Waals surface area contributed by atoms with E-state index in [1.165, 1.54) is 11.8 Å². The van der Waals surface area contributed by atoms with Gasteiger partial charge in [0, 0.05) is 16.5 Å². The van der Waals surface area contributed by atoms with Crippen molar-refractivity contribution in [3.63, 3.8) is 0 Å². The minimum absolute atomic E-state index is 0.0217. The molecule has 0 radical (unpaired) electrons. The fraction of sp³-hybridized carbons (Fsp3) is 0.357. The van der Waals surface area contributed by atoms with Crippen LogP contribution in [0.2, 0.25) is 5.02 Å². The molecule has 6 heteroatoms. The summed E-state index contributed by atoms with van der Waals surface area (Å²) >= 11 is 7.25. The molecule has 0 bridgehead atoms. The minimum atomic E-state index is -0.260. The topological polar surface area (TPSA) is 58.6 Å². The number of halogens is 1. The van der Waals surface area contributed by atoms with Crippen LogP contribution in [0.1, 0.15) is 42.9 Å². The third-order valence-corrected chi connectivity index (χ3v) is 3.99. The van der Waals surface area contributed by atoms with Crippen LogP contribution in [-0.4, -0.2) is 26.2 Å². The summed E-state index contributed by atoms with van der Waals surface area (Å²) in [4.78, 5) is 16.7. The van der Waals surface area contributed by atoms with Gasteiger partial charge in [0.2, 0.25) is 5.16 Å². The zero-order valence-corrected chi connectivity index (χ0v) is 13.1. The van der Waals surface area contributed by atoms with Gasteiger partial charge in [-0.1, -0.05) is 49.3 Å². The van der Waals surface area contributed by atoms with E-state index < -0.39 is 0 Å². The molecular formula is C14H16ClN3OS. The Morgan fingerprint density at radius 2 is 2.10 bits per heavy atom. The molecule has 106 valence electrons. The van der Waals surface area contributed by atoms with Crippen LogP contribution in [-0.2, 0) is 0 Å². The third kappa shape index (κ3) is 3.61. The third-order valence-electron chi connectivity index (χ3n) is 2.79. The van der Waals surface area contributed by atoms with Crippen molar-refractivity contribution < 1.29 is 4.79 Å². The smallest absolute Gasteiger partial charge is 0.209 e. The first-order valence-corrected chi connectivity index (χ1v) is 7.62. The summed E-state index contributed by atoms with van der Waals surface area (Å²) in [6.45, 7) is 5.92. The van der Waals surface area contributed by atoms with E-state index in [0.717, 1.165) is 5.82 Å². The number of nitrogens with zero attached hydrogens (tertiary/aromatic N) is 2. The van der Waals surface area contributed by atoms with Crippen LogP contribution >= 0.6 is 23.4 Å². The molecule has 0 aliphatic rings. The molecule has 20 heavy (non-hydrogen) atoms. The number of rotatable bonds is 5. The van der Waals surface area contributed by atoms with E-state index in [1.54, 1.807) is 24.3 Å². The minimum Gasteiger partial charge on any atom is -0.293 e. The molecule has 1 N–H and O–H groups in total. The largest absolute Gasteiger partial charge is 0.293 e. The SMILES string of the molecule is CC(Sc1n[nH]c(C(C)C)n1)C(=O)c1cccc(Cl)c1. The molecule has 0 aliphatic heterocycles. The molecule has 1 heterocycles. The number of Topliss-reactive ketones (excluding diaryl/α,β-unsaturated/α-hetero) is 1. The number of aromatic nitrogens is 3. The van der Waals surface area contributed by atoms with Crippen molar-refractivity contribution in [2.75, 3.05) is 0 Å². The lowest BCUT2D eigenvalue weighted by atomic mass is 10.1. The Labute approximate surface area is 127 Å². The van der Waals surface area contributed by atoms with Gasteiger partial charge in [0.05, 0.1) is 5.25 Å². The van der Waals surface area contributed by atoms with Crippen molar-refractivity contribution >= 4 is 29.1 Å². The highest BCUT2D eigenvalue weighted by molar-refractivity contribution is 8.00. The maximum atomic E-state index is 12.3. The molecule has 0 saturated heterocycles. The number of aromatic amines is 1. The maximum absolute atomic E-state index is 12.3. The average Bonchev–Trinajstić information content (AvgIpc) is 2.86. The van der Waals surface area contributed by atoms with E-state index in [-0.39, 0.29) is 17.0 Å². The maximum Gasteiger partial charge on any atom is 0.209 e. The highest BCUT2D eigenvalue weighted by Gasteiger charge is 2.19. The van der Waals surface area contributed by atoms with E-state index >= 15 is 0 Å². The molecule has 1 unspecified atom stereocenters. The zero-order chi connectivity index (χ0) is 14.7. The van der Waals surface area contributed by atoms with Crippen LogP contribution in [0.25, 0.3) is 0 Å². The number of ketones is 1. The Balaban J connectivity index is 2.07. The second kappa shape index (κ2) is 6.41. The molecule has 0 fully saturated rings. The lowest BCUT2D eigenvalue weighted by Gasteiger charge is -2.07. The number of nitrogens with one attached hydrogen (secondary N) is 1. The van der Waals surface area contributed by atoms with E-state index in [9.17, 15) is 4.79 Å². The fourth-order valence-electron chi connectivity index (χ4n) is 1.66. The van der Waals surface area contributed by atoms with Crippen LogP contribution in [0.4, 0.5) is 0 Å². The standard InChI is InChI=1S/C14H16ClN3OS/c1-8(2)13-16-14(18-17-13)20-9(3)12(19)10-5-4-6-11(15)7-10/h4-9H,1-3H3,(H,16,17,18). The molecule has 1 aromatic heterocycles. The van der Waals surface area contributed by atoms with Crippen molar-refractivity contribution in [3.05, 3.63) is 40.7 Å². The predicted molar refractivity (Wildman–Crippen MR) is 81.6 cm³/mol. The summed E-state index contributed by atoms with van der Waals surface area (Å²) in [7, 11) is 0. The van der Waals surface area contributed by atoms with Gasteiger partial charge in [0.25, 0.3) is 0 Å². The van der Waals surface area contributed by atoms with E-state index in [2.05, 4.69) is 15.2 Å². The van der Waals surface area contributed by atoms with Gasteiger partial charge in [-0.2, -0.15) is 0 Å². The lowest BCUT2D eigenvalue weighted by Crippen LogP contribution is -2.13. The number of hydrogen-bond acceptors (Lipinski definition) is 4. The Kier molecular flexibility index (Phi) is 4.83. The van der Waals surface area contributed by atoms with Gasteiger partial charge in [0.15, 0.2) is 5.78 Å². The number of benzene rings is 1. The fourth-order valence-corrected chi connectivity index (χ4v) is 2.66. The molecule has 2 aromatic rings. The van der Waals surface area contributed by atoms with Crippen LogP contribution < -0.4 is 0 Å².